The Labute approximate surface area is 181 Å². The fourth-order valence-electron chi connectivity index (χ4n) is 4.63. The van der Waals surface area contributed by atoms with Crippen LogP contribution in [0.25, 0.3) is 43.4 Å². The lowest BCUT2D eigenvalue weighted by Crippen LogP contribution is -1.94. The van der Waals surface area contributed by atoms with Gasteiger partial charge in [0.15, 0.2) is 0 Å². The van der Waals surface area contributed by atoms with Crippen LogP contribution in [0.4, 0.5) is 0 Å². The van der Waals surface area contributed by atoms with Gasteiger partial charge in [-0.25, -0.2) is 0 Å². The first-order valence-electron chi connectivity index (χ1n) is 10.3. The highest BCUT2D eigenvalue weighted by molar-refractivity contribution is 6.21. The van der Waals surface area contributed by atoms with Gasteiger partial charge in [-0.2, -0.15) is 0 Å². The SMILES string of the molecule is COc1ccc(-c2cc3c(OC)c4ccccc4c(C)c3c3cc(OC)ccc23)cc1. The molecule has 0 heterocycles. The quantitative estimate of drug-likeness (QED) is 0.233. The summed E-state index contributed by atoms with van der Waals surface area (Å²) in [6.07, 6.45) is 0. The van der Waals surface area contributed by atoms with Gasteiger partial charge in [-0.1, -0.05) is 42.5 Å². The van der Waals surface area contributed by atoms with E-state index in [1.54, 1.807) is 21.3 Å². The fraction of sp³-hybridized carbons (Fsp3) is 0.143. The van der Waals surface area contributed by atoms with Crippen molar-refractivity contribution in [2.24, 2.45) is 0 Å². The lowest BCUT2D eigenvalue weighted by molar-refractivity contribution is 0.415. The summed E-state index contributed by atoms with van der Waals surface area (Å²) in [6, 6.07) is 25.2. The highest BCUT2D eigenvalue weighted by Gasteiger charge is 2.18. The third-order valence-electron chi connectivity index (χ3n) is 6.14. The molecule has 0 N–H and O–H groups in total. The molecule has 154 valence electrons. The largest absolute Gasteiger partial charge is 0.497 e. The number of methoxy groups -OCH3 is 3. The molecule has 0 aliphatic rings. The summed E-state index contributed by atoms with van der Waals surface area (Å²) < 4.78 is 16.9. The molecule has 0 radical (unpaired) electrons. The summed E-state index contributed by atoms with van der Waals surface area (Å²) in [5, 5.41) is 6.96. The Hall–Kier alpha value is -3.72. The van der Waals surface area contributed by atoms with Crippen molar-refractivity contribution in [2.75, 3.05) is 21.3 Å². The number of aryl methyl sites for hydroxylation is 1. The monoisotopic (exact) mass is 408 g/mol. The molecular formula is C28H24O3. The van der Waals surface area contributed by atoms with E-state index in [9.17, 15) is 0 Å². The van der Waals surface area contributed by atoms with Crippen molar-refractivity contribution < 1.29 is 14.2 Å². The molecule has 3 nitrogen and oxygen atoms in total. The summed E-state index contributed by atoms with van der Waals surface area (Å²) in [5.41, 5.74) is 3.53. The van der Waals surface area contributed by atoms with Crippen LogP contribution in [0.5, 0.6) is 17.2 Å². The maximum atomic E-state index is 5.98. The molecule has 5 aromatic carbocycles. The van der Waals surface area contributed by atoms with Gasteiger partial charge < -0.3 is 14.2 Å². The topological polar surface area (TPSA) is 27.7 Å². The molecule has 0 aliphatic heterocycles. The number of fused-ring (bicyclic) bond motifs is 4. The minimum Gasteiger partial charge on any atom is -0.497 e. The summed E-state index contributed by atoms with van der Waals surface area (Å²) in [7, 11) is 5.14. The lowest BCUT2D eigenvalue weighted by Gasteiger charge is -2.18. The summed E-state index contributed by atoms with van der Waals surface area (Å²) in [6.45, 7) is 2.19. The van der Waals surface area contributed by atoms with E-state index in [2.05, 4.69) is 61.5 Å². The molecule has 3 heteroatoms. The molecule has 0 fully saturated rings. The van der Waals surface area contributed by atoms with Gasteiger partial charge in [0.05, 0.1) is 21.3 Å². The third kappa shape index (κ3) is 2.97. The van der Waals surface area contributed by atoms with E-state index in [1.807, 2.05) is 18.2 Å². The Morgan fingerprint density at radius 3 is 1.90 bits per heavy atom. The molecule has 0 saturated heterocycles. The maximum absolute atomic E-state index is 5.98. The van der Waals surface area contributed by atoms with Crippen molar-refractivity contribution in [1.29, 1.82) is 0 Å². The zero-order valence-electron chi connectivity index (χ0n) is 18.2. The molecule has 0 bridgehead atoms. The number of rotatable bonds is 4. The van der Waals surface area contributed by atoms with Gasteiger partial charge in [-0.05, 0) is 75.5 Å². The van der Waals surface area contributed by atoms with E-state index in [-0.39, 0.29) is 0 Å². The molecule has 0 saturated carbocycles. The average Bonchev–Trinajstić information content (AvgIpc) is 2.83. The molecule has 0 aromatic heterocycles. The second-order valence-corrected chi connectivity index (χ2v) is 7.69. The number of benzene rings is 5. The minimum absolute atomic E-state index is 0.840. The van der Waals surface area contributed by atoms with Crippen LogP contribution in [0, 0.1) is 6.92 Å². The molecule has 31 heavy (non-hydrogen) atoms. The van der Waals surface area contributed by atoms with Gasteiger partial charge in [0.1, 0.15) is 17.2 Å². The zero-order chi connectivity index (χ0) is 21.5. The van der Waals surface area contributed by atoms with Crippen molar-refractivity contribution in [3.05, 3.63) is 78.4 Å². The molecular weight excluding hydrogens is 384 g/mol. The minimum atomic E-state index is 0.840. The van der Waals surface area contributed by atoms with Gasteiger partial charge in [-0.15, -0.1) is 0 Å². The van der Waals surface area contributed by atoms with Crippen LogP contribution in [-0.4, -0.2) is 21.3 Å². The van der Waals surface area contributed by atoms with E-state index >= 15 is 0 Å². The summed E-state index contributed by atoms with van der Waals surface area (Å²) in [4.78, 5) is 0. The van der Waals surface area contributed by atoms with Crippen LogP contribution in [0.15, 0.2) is 72.8 Å². The Balaban J connectivity index is 1.99. The average molecular weight is 408 g/mol. The highest BCUT2D eigenvalue weighted by Crippen LogP contribution is 2.45. The van der Waals surface area contributed by atoms with Crippen molar-refractivity contribution in [3.63, 3.8) is 0 Å². The van der Waals surface area contributed by atoms with Gasteiger partial charge in [0, 0.05) is 10.8 Å². The lowest BCUT2D eigenvalue weighted by atomic mass is 9.88. The van der Waals surface area contributed by atoms with Crippen molar-refractivity contribution >= 4 is 32.3 Å². The van der Waals surface area contributed by atoms with Crippen LogP contribution in [0.1, 0.15) is 5.56 Å². The van der Waals surface area contributed by atoms with Gasteiger partial charge in [0.2, 0.25) is 0 Å². The van der Waals surface area contributed by atoms with E-state index in [0.29, 0.717) is 0 Å². The van der Waals surface area contributed by atoms with Crippen LogP contribution >= 0.6 is 0 Å². The van der Waals surface area contributed by atoms with Crippen LogP contribution in [0.2, 0.25) is 0 Å². The fourth-order valence-corrected chi connectivity index (χ4v) is 4.63. The van der Waals surface area contributed by atoms with Crippen molar-refractivity contribution in [3.8, 4) is 28.4 Å². The number of ether oxygens (including phenoxy) is 3. The van der Waals surface area contributed by atoms with Crippen LogP contribution < -0.4 is 14.2 Å². The number of hydrogen-bond acceptors (Lipinski definition) is 3. The second kappa shape index (κ2) is 7.51. The molecule has 5 rings (SSSR count). The highest BCUT2D eigenvalue weighted by atomic mass is 16.5. The Morgan fingerprint density at radius 1 is 0.548 bits per heavy atom. The summed E-state index contributed by atoms with van der Waals surface area (Å²) >= 11 is 0. The molecule has 0 unspecified atom stereocenters. The first kappa shape index (κ1) is 19.3. The van der Waals surface area contributed by atoms with E-state index in [0.717, 1.165) is 44.5 Å². The predicted molar refractivity (Wildman–Crippen MR) is 129 cm³/mol. The zero-order valence-corrected chi connectivity index (χ0v) is 18.2. The van der Waals surface area contributed by atoms with Crippen molar-refractivity contribution in [1.82, 2.24) is 0 Å². The van der Waals surface area contributed by atoms with Crippen LogP contribution in [-0.2, 0) is 0 Å². The first-order valence-corrected chi connectivity index (χ1v) is 10.3. The molecule has 5 aromatic rings. The Morgan fingerprint density at radius 2 is 1.23 bits per heavy atom. The maximum Gasteiger partial charge on any atom is 0.134 e. The van der Waals surface area contributed by atoms with Gasteiger partial charge in [0.25, 0.3) is 0 Å². The predicted octanol–water partition coefficient (Wildman–Crippen LogP) is 7.15. The van der Waals surface area contributed by atoms with Gasteiger partial charge >= 0.3 is 0 Å². The smallest absolute Gasteiger partial charge is 0.134 e. The third-order valence-corrected chi connectivity index (χ3v) is 6.14. The molecule has 0 amide bonds. The van der Waals surface area contributed by atoms with Crippen LogP contribution in [0.3, 0.4) is 0 Å². The number of hydrogen-bond donors (Lipinski definition) is 0. The van der Waals surface area contributed by atoms with Crippen molar-refractivity contribution in [2.45, 2.75) is 6.92 Å². The van der Waals surface area contributed by atoms with Gasteiger partial charge in [-0.3, -0.25) is 0 Å². The van der Waals surface area contributed by atoms with E-state index in [1.165, 1.54) is 21.7 Å². The Bertz CT molecular complexity index is 1430. The first-order chi connectivity index (χ1) is 15.2. The Kier molecular flexibility index (Phi) is 4.67. The van der Waals surface area contributed by atoms with E-state index < -0.39 is 0 Å². The van der Waals surface area contributed by atoms with E-state index in [4.69, 9.17) is 14.2 Å². The molecule has 0 spiro atoms. The molecule has 0 atom stereocenters. The normalized spacial score (nSPS) is 11.2. The second-order valence-electron chi connectivity index (χ2n) is 7.69. The summed E-state index contributed by atoms with van der Waals surface area (Å²) in [5.74, 6) is 2.58. The molecule has 0 aliphatic carbocycles. The standard InChI is InChI=1S/C28H24O3/c1-17-21-7-5-6-8-23(21)28(31-4)26-16-24(18-9-11-19(29-2)12-10-18)22-14-13-20(30-3)15-25(22)27(17)26/h5-16H,1-4H3.